The number of hydrogen-bond acceptors (Lipinski definition) is 3. The first-order valence-corrected chi connectivity index (χ1v) is 7.03. The quantitative estimate of drug-likeness (QED) is 0.853. The van der Waals surface area contributed by atoms with Gasteiger partial charge in [-0.25, -0.2) is 0 Å². The number of aliphatic carboxylic acids is 1. The molecule has 1 atom stereocenters. The predicted octanol–water partition coefficient (Wildman–Crippen LogP) is 1.86. The number of anilines is 1. The highest BCUT2D eigenvalue weighted by molar-refractivity contribution is 5.92. The number of nitrogens with one attached hydrogen (secondary N) is 1. The van der Waals surface area contributed by atoms with E-state index in [0.29, 0.717) is 12.1 Å². The summed E-state index contributed by atoms with van der Waals surface area (Å²) in [7, 11) is 1.80. The first kappa shape index (κ1) is 15.8. The predicted molar refractivity (Wildman–Crippen MR) is 82.5 cm³/mol. The molecule has 6 nitrogen and oxygen atoms in total. The summed E-state index contributed by atoms with van der Waals surface area (Å²) in [6.07, 6.45) is 4.21. The van der Waals surface area contributed by atoms with Crippen LogP contribution in [0.1, 0.15) is 18.1 Å². The molecule has 0 bridgehead atoms. The number of carbonyl (C=O) groups is 2. The van der Waals surface area contributed by atoms with Crippen LogP contribution in [-0.2, 0) is 29.5 Å². The molecule has 1 heterocycles. The lowest BCUT2D eigenvalue weighted by atomic mass is 10.0. The van der Waals surface area contributed by atoms with Crippen LogP contribution in [0.15, 0.2) is 36.7 Å². The number of benzene rings is 1. The summed E-state index contributed by atoms with van der Waals surface area (Å²) in [4.78, 5) is 22.7. The van der Waals surface area contributed by atoms with Crippen molar-refractivity contribution in [3.8, 4) is 0 Å². The van der Waals surface area contributed by atoms with Gasteiger partial charge in [0.25, 0.3) is 0 Å². The highest BCUT2D eigenvalue weighted by atomic mass is 16.4. The molecule has 2 N–H and O–H groups in total. The summed E-state index contributed by atoms with van der Waals surface area (Å²) in [6.45, 7) is 1.67. The van der Waals surface area contributed by atoms with Gasteiger partial charge in [0, 0.05) is 18.9 Å². The Morgan fingerprint density at radius 1 is 1.27 bits per heavy atom. The van der Waals surface area contributed by atoms with Crippen LogP contribution in [-0.4, -0.2) is 26.8 Å². The monoisotopic (exact) mass is 301 g/mol. The van der Waals surface area contributed by atoms with E-state index in [0.717, 1.165) is 11.1 Å². The maximum absolute atomic E-state index is 11.9. The minimum Gasteiger partial charge on any atom is -0.481 e. The lowest BCUT2D eigenvalue weighted by Crippen LogP contribution is -2.14. The Bertz CT molecular complexity index is 662. The molecule has 0 radical (unpaired) electrons. The molecule has 116 valence electrons. The zero-order chi connectivity index (χ0) is 16.1. The molecule has 6 heteroatoms. The molecule has 0 fully saturated rings. The Balaban J connectivity index is 1.90. The Labute approximate surface area is 128 Å². The summed E-state index contributed by atoms with van der Waals surface area (Å²) < 4.78 is 1.65. The summed E-state index contributed by atoms with van der Waals surface area (Å²) in [5.41, 5.74) is 2.48. The van der Waals surface area contributed by atoms with Crippen molar-refractivity contribution in [1.29, 1.82) is 0 Å². The van der Waals surface area contributed by atoms with E-state index in [1.54, 1.807) is 43.2 Å². The van der Waals surface area contributed by atoms with Gasteiger partial charge in [0.15, 0.2) is 0 Å². The second kappa shape index (κ2) is 6.89. The van der Waals surface area contributed by atoms with Gasteiger partial charge in [-0.05, 0) is 29.7 Å². The van der Waals surface area contributed by atoms with Gasteiger partial charge in [0.1, 0.15) is 0 Å². The van der Waals surface area contributed by atoms with Crippen molar-refractivity contribution in [2.45, 2.75) is 19.8 Å². The average Bonchev–Trinajstić information content (AvgIpc) is 2.86. The molecule has 0 saturated carbocycles. The van der Waals surface area contributed by atoms with Crippen molar-refractivity contribution in [1.82, 2.24) is 9.78 Å². The van der Waals surface area contributed by atoms with Gasteiger partial charge in [0.2, 0.25) is 5.91 Å². The lowest BCUT2D eigenvalue weighted by Gasteiger charge is -2.08. The van der Waals surface area contributed by atoms with Crippen LogP contribution >= 0.6 is 0 Å². The second-order valence-corrected chi connectivity index (χ2v) is 5.39. The van der Waals surface area contributed by atoms with Crippen molar-refractivity contribution in [2.75, 3.05) is 5.32 Å². The Kier molecular flexibility index (Phi) is 4.93. The van der Waals surface area contributed by atoms with E-state index in [-0.39, 0.29) is 12.3 Å². The lowest BCUT2D eigenvalue weighted by molar-refractivity contribution is -0.141. The van der Waals surface area contributed by atoms with Crippen molar-refractivity contribution < 1.29 is 14.7 Å². The van der Waals surface area contributed by atoms with Crippen LogP contribution in [0, 0.1) is 5.92 Å². The van der Waals surface area contributed by atoms with E-state index in [1.807, 2.05) is 12.1 Å². The minimum absolute atomic E-state index is 0.111. The smallest absolute Gasteiger partial charge is 0.306 e. The number of amides is 1. The zero-order valence-electron chi connectivity index (χ0n) is 12.6. The van der Waals surface area contributed by atoms with Crippen molar-refractivity contribution >= 4 is 17.6 Å². The van der Waals surface area contributed by atoms with E-state index in [2.05, 4.69) is 10.4 Å². The average molecular weight is 301 g/mol. The van der Waals surface area contributed by atoms with E-state index in [1.165, 1.54) is 0 Å². The van der Waals surface area contributed by atoms with Gasteiger partial charge < -0.3 is 10.4 Å². The topological polar surface area (TPSA) is 84.2 Å². The maximum atomic E-state index is 11.9. The van der Waals surface area contributed by atoms with Crippen LogP contribution in [0.2, 0.25) is 0 Å². The van der Waals surface area contributed by atoms with E-state index < -0.39 is 11.9 Å². The summed E-state index contributed by atoms with van der Waals surface area (Å²) in [6, 6.07) is 7.23. The molecule has 0 spiro atoms. The molecule has 22 heavy (non-hydrogen) atoms. The molecule has 1 unspecified atom stereocenters. The van der Waals surface area contributed by atoms with Gasteiger partial charge in [-0.2, -0.15) is 5.10 Å². The van der Waals surface area contributed by atoms with Gasteiger partial charge in [-0.1, -0.05) is 19.1 Å². The number of carboxylic acid groups (broad SMARTS) is 1. The minimum atomic E-state index is -0.811. The SMILES string of the molecule is CC(Cc1ccc(NC(=O)Cc2cnn(C)c2)cc1)C(=O)O. The van der Waals surface area contributed by atoms with Crippen molar-refractivity contribution in [3.05, 3.63) is 47.8 Å². The first-order valence-electron chi connectivity index (χ1n) is 7.03. The highest BCUT2D eigenvalue weighted by Crippen LogP contribution is 2.14. The van der Waals surface area contributed by atoms with Crippen LogP contribution < -0.4 is 5.32 Å². The van der Waals surface area contributed by atoms with Crippen LogP contribution in [0.3, 0.4) is 0 Å². The first-order chi connectivity index (χ1) is 10.4. The van der Waals surface area contributed by atoms with E-state index in [4.69, 9.17) is 5.11 Å². The molecule has 0 aliphatic carbocycles. The number of hydrogen-bond donors (Lipinski definition) is 2. The number of nitrogens with zero attached hydrogens (tertiary/aromatic N) is 2. The van der Waals surface area contributed by atoms with Gasteiger partial charge in [-0.15, -0.1) is 0 Å². The highest BCUT2D eigenvalue weighted by Gasteiger charge is 2.11. The number of carboxylic acids is 1. The number of rotatable bonds is 6. The summed E-state index contributed by atoms with van der Waals surface area (Å²) >= 11 is 0. The van der Waals surface area contributed by atoms with Crippen molar-refractivity contribution in [3.63, 3.8) is 0 Å². The molecule has 0 aliphatic heterocycles. The fraction of sp³-hybridized carbons (Fsp3) is 0.312. The number of aryl methyl sites for hydroxylation is 1. The molecule has 0 saturated heterocycles. The van der Waals surface area contributed by atoms with E-state index >= 15 is 0 Å². The largest absolute Gasteiger partial charge is 0.481 e. The third-order valence-electron chi connectivity index (χ3n) is 3.32. The molecule has 1 amide bonds. The van der Waals surface area contributed by atoms with Crippen LogP contribution in [0.4, 0.5) is 5.69 Å². The Hall–Kier alpha value is -2.63. The molecule has 1 aromatic carbocycles. The second-order valence-electron chi connectivity index (χ2n) is 5.39. The van der Waals surface area contributed by atoms with Crippen molar-refractivity contribution in [2.24, 2.45) is 13.0 Å². The van der Waals surface area contributed by atoms with Crippen LogP contribution in [0.25, 0.3) is 0 Å². The summed E-state index contributed by atoms with van der Waals surface area (Å²) in [5, 5.41) is 15.7. The zero-order valence-corrected chi connectivity index (χ0v) is 12.6. The Morgan fingerprint density at radius 3 is 2.50 bits per heavy atom. The van der Waals surface area contributed by atoms with Gasteiger partial charge in [0.05, 0.1) is 18.5 Å². The van der Waals surface area contributed by atoms with Crippen LogP contribution in [0.5, 0.6) is 0 Å². The van der Waals surface area contributed by atoms with E-state index in [9.17, 15) is 9.59 Å². The maximum Gasteiger partial charge on any atom is 0.306 e. The number of carbonyl (C=O) groups excluding carboxylic acids is 1. The van der Waals surface area contributed by atoms with Gasteiger partial charge >= 0.3 is 5.97 Å². The molecule has 2 rings (SSSR count). The third kappa shape index (κ3) is 4.44. The van der Waals surface area contributed by atoms with Gasteiger partial charge in [-0.3, -0.25) is 14.3 Å². The molecule has 1 aromatic heterocycles. The molecular formula is C16H19N3O3. The fourth-order valence-electron chi connectivity index (χ4n) is 2.12. The fourth-order valence-corrected chi connectivity index (χ4v) is 2.12. The third-order valence-corrected chi connectivity index (χ3v) is 3.32. The molecular weight excluding hydrogens is 282 g/mol. The Morgan fingerprint density at radius 2 is 1.95 bits per heavy atom. The summed E-state index contributed by atoms with van der Waals surface area (Å²) in [5.74, 6) is -1.35. The molecule has 2 aromatic rings. The molecule has 0 aliphatic rings. The number of aromatic nitrogens is 2. The normalized spacial score (nSPS) is 11.9. The standard InChI is InChI=1S/C16H19N3O3/c1-11(16(21)22)7-12-3-5-14(6-4-12)18-15(20)8-13-9-17-19(2)10-13/h3-6,9-11H,7-8H2,1-2H3,(H,18,20)(H,21,22).